The highest BCUT2D eigenvalue weighted by Crippen LogP contribution is 2.07. The molecule has 0 aliphatic rings. The zero-order valence-electron chi connectivity index (χ0n) is 9.90. The first-order chi connectivity index (χ1) is 8.63. The second-order valence-electron chi connectivity index (χ2n) is 3.71. The van der Waals surface area contributed by atoms with Crippen LogP contribution < -0.4 is 0 Å². The van der Waals surface area contributed by atoms with E-state index in [2.05, 4.69) is 15.2 Å². The highest BCUT2D eigenvalue weighted by atomic mass is 16.2. The molecule has 0 atom stereocenters. The van der Waals surface area contributed by atoms with E-state index in [9.17, 15) is 4.79 Å². The van der Waals surface area contributed by atoms with Gasteiger partial charge in [-0.1, -0.05) is 0 Å². The molecule has 90 valence electrons. The molecule has 0 radical (unpaired) electrons. The summed E-state index contributed by atoms with van der Waals surface area (Å²) in [7, 11) is 3.28. The summed E-state index contributed by atoms with van der Waals surface area (Å²) in [5, 5.41) is 16.6. The summed E-state index contributed by atoms with van der Waals surface area (Å²) in [6, 6.07) is 5.12. The number of nitrogens with zero attached hydrogens (tertiary/aromatic N) is 6. The first kappa shape index (κ1) is 11.7. The van der Waals surface area contributed by atoms with E-state index < -0.39 is 0 Å². The molecule has 2 rings (SSSR count). The number of amides is 1. The minimum Gasteiger partial charge on any atom is -0.343 e. The largest absolute Gasteiger partial charge is 0.343 e. The first-order valence-corrected chi connectivity index (χ1v) is 5.12. The maximum absolute atomic E-state index is 11.6. The molecule has 0 aromatic carbocycles. The molecule has 2 aromatic rings. The molecule has 0 fully saturated rings. The van der Waals surface area contributed by atoms with E-state index in [0.29, 0.717) is 5.82 Å². The van der Waals surface area contributed by atoms with E-state index in [1.807, 2.05) is 6.07 Å². The first-order valence-electron chi connectivity index (χ1n) is 5.12. The molecule has 0 spiro atoms. The highest BCUT2D eigenvalue weighted by molar-refractivity contribution is 5.91. The molecule has 7 heteroatoms. The molecule has 0 saturated carbocycles. The van der Waals surface area contributed by atoms with E-state index in [1.165, 1.54) is 15.7 Å². The maximum Gasteiger partial charge on any atom is 0.273 e. The summed E-state index contributed by atoms with van der Waals surface area (Å²) in [5.74, 6) is 0.440. The fraction of sp³-hybridized carbons (Fsp3) is 0.182. The van der Waals surface area contributed by atoms with Gasteiger partial charge in [0.15, 0.2) is 11.5 Å². The topological polar surface area (TPSA) is 87.7 Å². The molecule has 0 N–H and O–H groups in total. The van der Waals surface area contributed by atoms with Crippen LogP contribution in [0.2, 0.25) is 0 Å². The standard InChI is InChI=1S/C11H10N6O/c1-16(2)11(18)8-3-4-9(15-14-8)17-6-5-13-10(17)7-12/h3-6H,1-2H3. The predicted octanol–water partition coefficient (Wildman–Crippen LogP) is 0.236. The second-order valence-corrected chi connectivity index (χ2v) is 3.71. The normalized spacial score (nSPS) is 9.83. The number of aromatic nitrogens is 4. The van der Waals surface area contributed by atoms with Crippen molar-refractivity contribution < 1.29 is 4.79 Å². The van der Waals surface area contributed by atoms with Crippen molar-refractivity contribution in [3.05, 3.63) is 36.0 Å². The van der Waals surface area contributed by atoms with Gasteiger partial charge in [0.25, 0.3) is 5.91 Å². The monoisotopic (exact) mass is 242 g/mol. The molecule has 2 heterocycles. The molecule has 7 nitrogen and oxygen atoms in total. The van der Waals surface area contributed by atoms with Crippen LogP contribution in [0, 0.1) is 11.3 Å². The molecular formula is C11H10N6O. The van der Waals surface area contributed by atoms with Crippen molar-refractivity contribution in [3.8, 4) is 11.9 Å². The Kier molecular flexibility index (Phi) is 3.02. The molecule has 0 saturated heterocycles. The fourth-order valence-corrected chi connectivity index (χ4v) is 1.37. The van der Waals surface area contributed by atoms with E-state index in [4.69, 9.17) is 5.26 Å². The third kappa shape index (κ3) is 2.04. The van der Waals surface area contributed by atoms with Crippen LogP contribution in [0.4, 0.5) is 0 Å². The predicted molar refractivity (Wildman–Crippen MR) is 61.9 cm³/mol. The average molecular weight is 242 g/mol. The molecule has 0 bridgehead atoms. The molecule has 1 amide bonds. The quantitative estimate of drug-likeness (QED) is 0.752. The van der Waals surface area contributed by atoms with E-state index in [0.717, 1.165) is 0 Å². The van der Waals surface area contributed by atoms with Crippen molar-refractivity contribution in [2.24, 2.45) is 0 Å². The number of carbonyl (C=O) groups is 1. The lowest BCUT2D eigenvalue weighted by molar-refractivity contribution is 0.0821. The minimum absolute atomic E-state index is 0.219. The summed E-state index contributed by atoms with van der Waals surface area (Å²) in [4.78, 5) is 16.9. The number of carbonyl (C=O) groups excluding carboxylic acids is 1. The Morgan fingerprint density at radius 3 is 2.72 bits per heavy atom. The number of hydrogen-bond acceptors (Lipinski definition) is 5. The maximum atomic E-state index is 11.6. The molecule has 0 aliphatic carbocycles. The van der Waals surface area contributed by atoms with Gasteiger partial charge in [-0.25, -0.2) is 4.98 Å². The van der Waals surface area contributed by atoms with Crippen LogP contribution in [0.1, 0.15) is 16.3 Å². The lowest BCUT2D eigenvalue weighted by atomic mass is 10.3. The van der Waals surface area contributed by atoms with Gasteiger partial charge in [-0.15, -0.1) is 10.2 Å². The molecule has 0 unspecified atom stereocenters. The van der Waals surface area contributed by atoms with Crippen LogP contribution in [0.3, 0.4) is 0 Å². The van der Waals surface area contributed by atoms with Gasteiger partial charge in [0.05, 0.1) is 0 Å². The Hall–Kier alpha value is -2.75. The minimum atomic E-state index is -0.222. The summed E-state index contributed by atoms with van der Waals surface area (Å²) < 4.78 is 1.50. The Bertz CT molecular complexity index is 607. The number of rotatable bonds is 2. The van der Waals surface area contributed by atoms with Gasteiger partial charge in [0.1, 0.15) is 6.07 Å². The molecule has 0 aliphatic heterocycles. The zero-order valence-corrected chi connectivity index (χ0v) is 9.90. The molecule has 18 heavy (non-hydrogen) atoms. The van der Waals surface area contributed by atoms with Gasteiger partial charge in [-0.3, -0.25) is 9.36 Å². The van der Waals surface area contributed by atoms with Crippen molar-refractivity contribution in [3.63, 3.8) is 0 Å². The highest BCUT2D eigenvalue weighted by Gasteiger charge is 2.11. The summed E-state index contributed by atoms with van der Waals surface area (Å²) in [6.45, 7) is 0. The van der Waals surface area contributed by atoms with Gasteiger partial charge < -0.3 is 4.90 Å². The number of nitriles is 1. The van der Waals surface area contributed by atoms with Gasteiger partial charge >= 0.3 is 0 Å². The van der Waals surface area contributed by atoms with E-state index in [-0.39, 0.29) is 17.4 Å². The number of imidazole rings is 1. The Labute approximate surface area is 103 Å². The summed E-state index contributed by atoms with van der Waals surface area (Å²) >= 11 is 0. The molecule has 2 aromatic heterocycles. The van der Waals surface area contributed by atoms with Crippen molar-refractivity contribution in [1.29, 1.82) is 5.26 Å². The third-order valence-corrected chi connectivity index (χ3v) is 2.26. The second kappa shape index (κ2) is 4.63. The van der Waals surface area contributed by atoms with Crippen LogP contribution in [-0.2, 0) is 0 Å². The van der Waals surface area contributed by atoms with Crippen LogP contribution in [-0.4, -0.2) is 44.7 Å². The van der Waals surface area contributed by atoms with Gasteiger partial charge in [0, 0.05) is 26.5 Å². The van der Waals surface area contributed by atoms with Crippen molar-refractivity contribution in [2.45, 2.75) is 0 Å². The van der Waals surface area contributed by atoms with Gasteiger partial charge in [-0.2, -0.15) is 5.26 Å². The van der Waals surface area contributed by atoms with Crippen molar-refractivity contribution in [1.82, 2.24) is 24.6 Å². The van der Waals surface area contributed by atoms with Crippen LogP contribution in [0.5, 0.6) is 0 Å². The summed E-state index contributed by atoms with van der Waals surface area (Å²) in [6.07, 6.45) is 3.11. The van der Waals surface area contributed by atoms with Crippen molar-refractivity contribution >= 4 is 5.91 Å². The van der Waals surface area contributed by atoms with Crippen LogP contribution >= 0.6 is 0 Å². The van der Waals surface area contributed by atoms with E-state index in [1.54, 1.807) is 32.4 Å². The fourth-order valence-electron chi connectivity index (χ4n) is 1.37. The lowest BCUT2D eigenvalue weighted by Gasteiger charge is -2.09. The van der Waals surface area contributed by atoms with Crippen molar-refractivity contribution in [2.75, 3.05) is 14.1 Å². The van der Waals surface area contributed by atoms with Crippen LogP contribution in [0.15, 0.2) is 24.5 Å². The Morgan fingerprint density at radius 2 is 2.17 bits per heavy atom. The smallest absolute Gasteiger partial charge is 0.273 e. The van der Waals surface area contributed by atoms with Crippen LogP contribution in [0.25, 0.3) is 5.82 Å². The van der Waals surface area contributed by atoms with E-state index >= 15 is 0 Å². The Morgan fingerprint density at radius 1 is 1.39 bits per heavy atom. The lowest BCUT2D eigenvalue weighted by Crippen LogP contribution is -2.23. The SMILES string of the molecule is CN(C)C(=O)c1ccc(-n2ccnc2C#N)nn1. The average Bonchev–Trinajstić information content (AvgIpc) is 2.86. The zero-order chi connectivity index (χ0) is 13.1. The molecular weight excluding hydrogens is 232 g/mol. The number of hydrogen-bond donors (Lipinski definition) is 0. The van der Waals surface area contributed by atoms with Gasteiger partial charge in [0.2, 0.25) is 5.82 Å². The third-order valence-electron chi connectivity index (χ3n) is 2.26. The van der Waals surface area contributed by atoms with Gasteiger partial charge in [-0.05, 0) is 12.1 Å². The summed E-state index contributed by atoms with van der Waals surface area (Å²) in [5.41, 5.74) is 0.252. The Balaban J connectivity index is 2.34.